The molecule has 1 N–H and O–H groups in total. The van der Waals surface area contributed by atoms with Gasteiger partial charge in [0.2, 0.25) is 5.28 Å². The van der Waals surface area contributed by atoms with E-state index < -0.39 is 0 Å². The van der Waals surface area contributed by atoms with Crippen molar-refractivity contribution in [1.82, 2.24) is 24.5 Å². The van der Waals surface area contributed by atoms with E-state index in [-0.39, 0.29) is 11.3 Å². The molecule has 0 saturated carbocycles. The summed E-state index contributed by atoms with van der Waals surface area (Å²) in [4.78, 5) is 16.8. The smallest absolute Gasteiger partial charge is 0.226 e. The second-order valence-corrected chi connectivity index (χ2v) is 5.31. The molecule has 0 radical (unpaired) electrons. The predicted molar refractivity (Wildman–Crippen MR) is 82.3 cm³/mol. The first-order chi connectivity index (χ1) is 10.1. The Balaban J connectivity index is 1.98. The van der Waals surface area contributed by atoms with Crippen LogP contribution >= 0.6 is 11.6 Å². The summed E-state index contributed by atoms with van der Waals surface area (Å²) in [5.74, 6) is 0.688. The van der Waals surface area contributed by atoms with Crippen LogP contribution in [-0.4, -0.2) is 24.5 Å². The monoisotopic (exact) mass is 302 g/mol. The molecule has 0 bridgehead atoms. The predicted octanol–water partition coefficient (Wildman–Crippen LogP) is 3.07. The molecule has 0 fully saturated rings. The maximum absolute atomic E-state index is 5.97. The summed E-state index contributed by atoms with van der Waals surface area (Å²) in [5, 5.41) is 3.49. The molecule has 0 atom stereocenters. The number of nitrogens with zero attached hydrogens (tertiary/aromatic N) is 5. The Bertz CT molecular complexity index is 753. The SMILES string of the molecule is CC(C)n1cnc2nc(Cl)nc(NCc3ccncc3)c21. The third-order valence-electron chi connectivity index (χ3n) is 3.17. The van der Waals surface area contributed by atoms with E-state index in [1.807, 2.05) is 16.7 Å². The van der Waals surface area contributed by atoms with E-state index in [1.54, 1.807) is 18.7 Å². The number of nitrogens with one attached hydrogen (secondary N) is 1. The maximum Gasteiger partial charge on any atom is 0.226 e. The lowest BCUT2D eigenvalue weighted by Gasteiger charge is -2.12. The van der Waals surface area contributed by atoms with Crippen molar-refractivity contribution in [3.63, 3.8) is 0 Å². The number of imidazole rings is 1. The quantitative estimate of drug-likeness (QED) is 0.750. The fourth-order valence-electron chi connectivity index (χ4n) is 2.12. The molecule has 0 unspecified atom stereocenters. The first-order valence-electron chi connectivity index (χ1n) is 6.68. The maximum atomic E-state index is 5.97. The largest absolute Gasteiger partial charge is 0.364 e. The first kappa shape index (κ1) is 13.8. The van der Waals surface area contributed by atoms with Crippen LogP contribution in [0.1, 0.15) is 25.5 Å². The zero-order valence-corrected chi connectivity index (χ0v) is 12.5. The van der Waals surface area contributed by atoms with E-state index in [9.17, 15) is 0 Å². The van der Waals surface area contributed by atoms with E-state index in [0.29, 0.717) is 18.0 Å². The van der Waals surface area contributed by atoms with Crippen molar-refractivity contribution in [3.05, 3.63) is 41.7 Å². The molecule has 7 heteroatoms. The standard InChI is InChI=1S/C14H15ClN6/c1-9(2)21-8-18-13-11(21)12(19-14(15)20-13)17-7-10-3-5-16-6-4-10/h3-6,8-9H,7H2,1-2H3,(H,17,19,20). The Labute approximate surface area is 127 Å². The zero-order valence-electron chi connectivity index (χ0n) is 11.8. The average molecular weight is 303 g/mol. The number of fused-ring (bicyclic) bond motifs is 1. The fourth-order valence-corrected chi connectivity index (χ4v) is 2.28. The highest BCUT2D eigenvalue weighted by Gasteiger charge is 2.14. The van der Waals surface area contributed by atoms with E-state index in [0.717, 1.165) is 11.1 Å². The van der Waals surface area contributed by atoms with Gasteiger partial charge in [-0.3, -0.25) is 4.98 Å². The molecular weight excluding hydrogens is 288 g/mol. The molecule has 3 heterocycles. The van der Waals surface area contributed by atoms with Gasteiger partial charge in [0, 0.05) is 25.0 Å². The van der Waals surface area contributed by atoms with Gasteiger partial charge in [0.05, 0.1) is 6.33 Å². The normalized spacial score (nSPS) is 11.2. The summed E-state index contributed by atoms with van der Waals surface area (Å²) < 4.78 is 2.03. The Morgan fingerprint density at radius 2 is 2.00 bits per heavy atom. The lowest BCUT2D eigenvalue weighted by Crippen LogP contribution is -2.07. The van der Waals surface area contributed by atoms with Crippen LogP contribution in [0.5, 0.6) is 0 Å². The van der Waals surface area contributed by atoms with Gasteiger partial charge in [-0.1, -0.05) is 0 Å². The second kappa shape index (κ2) is 5.65. The number of pyridine rings is 1. The highest BCUT2D eigenvalue weighted by atomic mass is 35.5. The highest BCUT2D eigenvalue weighted by molar-refractivity contribution is 6.28. The first-order valence-corrected chi connectivity index (χ1v) is 7.06. The lowest BCUT2D eigenvalue weighted by atomic mass is 10.2. The van der Waals surface area contributed by atoms with E-state index >= 15 is 0 Å². The topological polar surface area (TPSA) is 68.5 Å². The zero-order chi connectivity index (χ0) is 14.8. The molecule has 3 aromatic heterocycles. The van der Waals surface area contributed by atoms with Crippen LogP contribution in [0.2, 0.25) is 5.28 Å². The number of anilines is 1. The molecule has 0 amide bonds. The van der Waals surface area contributed by atoms with Crippen molar-refractivity contribution in [2.24, 2.45) is 0 Å². The Morgan fingerprint density at radius 1 is 1.24 bits per heavy atom. The minimum absolute atomic E-state index is 0.189. The summed E-state index contributed by atoms with van der Waals surface area (Å²) in [6.45, 7) is 4.80. The lowest BCUT2D eigenvalue weighted by molar-refractivity contribution is 0.617. The molecule has 3 rings (SSSR count). The molecule has 0 saturated heterocycles. The summed E-state index contributed by atoms with van der Waals surface area (Å²) in [7, 11) is 0. The Hall–Kier alpha value is -2.21. The molecule has 6 nitrogen and oxygen atoms in total. The van der Waals surface area contributed by atoms with Crippen LogP contribution in [0.15, 0.2) is 30.9 Å². The van der Waals surface area contributed by atoms with Crippen molar-refractivity contribution in [3.8, 4) is 0 Å². The van der Waals surface area contributed by atoms with Gasteiger partial charge < -0.3 is 9.88 Å². The van der Waals surface area contributed by atoms with E-state index in [1.165, 1.54) is 0 Å². The van der Waals surface area contributed by atoms with Crippen LogP contribution in [0, 0.1) is 0 Å². The van der Waals surface area contributed by atoms with Crippen LogP contribution in [0.3, 0.4) is 0 Å². The molecule has 0 aliphatic carbocycles. The van der Waals surface area contributed by atoms with Crippen LogP contribution in [0.4, 0.5) is 5.82 Å². The molecule has 0 spiro atoms. The van der Waals surface area contributed by atoms with Crippen molar-refractivity contribution in [2.75, 3.05) is 5.32 Å². The van der Waals surface area contributed by atoms with E-state index in [4.69, 9.17) is 11.6 Å². The summed E-state index contributed by atoms with van der Waals surface area (Å²) in [6, 6.07) is 4.17. The van der Waals surface area contributed by atoms with Crippen LogP contribution in [0.25, 0.3) is 11.2 Å². The second-order valence-electron chi connectivity index (χ2n) is 4.97. The van der Waals surface area contributed by atoms with Crippen LogP contribution in [-0.2, 0) is 6.54 Å². The minimum Gasteiger partial charge on any atom is -0.364 e. The van der Waals surface area contributed by atoms with Crippen molar-refractivity contribution >= 4 is 28.6 Å². The Kier molecular flexibility index (Phi) is 3.70. The average Bonchev–Trinajstić information content (AvgIpc) is 2.89. The van der Waals surface area contributed by atoms with Gasteiger partial charge in [0.25, 0.3) is 0 Å². The van der Waals surface area contributed by atoms with Crippen LogP contribution < -0.4 is 5.32 Å². The number of rotatable bonds is 4. The number of hydrogen-bond donors (Lipinski definition) is 1. The fraction of sp³-hybridized carbons (Fsp3) is 0.286. The van der Waals surface area contributed by atoms with Gasteiger partial charge in [-0.15, -0.1) is 0 Å². The van der Waals surface area contributed by atoms with Gasteiger partial charge >= 0.3 is 0 Å². The Morgan fingerprint density at radius 3 is 2.71 bits per heavy atom. The number of aromatic nitrogens is 5. The molecule has 0 aliphatic heterocycles. The van der Waals surface area contributed by atoms with E-state index in [2.05, 4.69) is 39.1 Å². The molecule has 0 aromatic carbocycles. The van der Waals surface area contributed by atoms with Crippen molar-refractivity contribution < 1.29 is 0 Å². The van der Waals surface area contributed by atoms with Gasteiger partial charge in [-0.05, 0) is 43.1 Å². The third kappa shape index (κ3) is 2.80. The molecule has 108 valence electrons. The molecular formula is C14H15ClN6. The number of halogens is 1. The molecule has 3 aromatic rings. The number of hydrogen-bond acceptors (Lipinski definition) is 5. The summed E-state index contributed by atoms with van der Waals surface area (Å²) in [5.41, 5.74) is 2.58. The molecule has 0 aliphatic rings. The van der Waals surface area contributed by atoms with Crippen molar-refractivity contribution in [1.29, 1.82) is 0 Å². The van der Waals surface area contributed by atoms with Gasteiger partial charge in [0.1, 0.15) is 5.52 Å². The van der Waals surface area contributed by atoms with Crippen molar-refractivity contribution in [2.45, 2.75) is 26.4 Å². The van der Waals surface area contributed by atoms with Gasteiger partial charge in [-0.25, -0.2) is 4.98 Å². The highest BCUT2D eigenvalue weighted by Crippen LogP contribution is 2.24. The summed E-state index contributed by atoms with van der Waals surface area (Å²) >= 11 is 5.97. The van der Waals surface area contributed by atoms with Gasteiger partial charge in [-0.2, -0.15) is 9.97 Å². The minimum atomic E-state index is 0.189. The van der Waals surface area contributed by atoms with Gasteiger partial charge in [0.15, 0.2) is 11.5 Å². The summed E-state index contributed by atoms with van der Waals surface area (Å²) in [6.07, 6.45) is 5.29. The molecule has 21 heavy (non-hydrogen) atoms. The third-order valence-corrected chi connectivity index (χ3v) is 3.34.